The molecule has 2 fully saturated rings. The van der Waals surface area contributed by atoms with E-state index in [0.29, 0.717) is 5.92 Å². The Morgan fingerprint density at radius 1 is 1.32 bits per heavy atom. The molecule has 2 rings (SSSR count). The summed E-state index contributed by atoms with van der Waals surface area (Å²) < 4.78 is 0. The molecule has 22 heavy (non-hydrogen) atoms. The number of hydrogen-bond donors (Lipinski definition) is 2. The number of piperidine rings is 1. The monoisotopic (exact) mass is 309 g/mol. The second kappa shape index (κ2) is 7.46. The minimum Gasteiger partial charge on any atom is -0.386 e. The van der Waals surface area contributed by atoms with E-state index in [-0.39, 0.29) is 6.04 Å². The minimum absolute atomic E-state index is 0.125. The maximum absolute atomic E-state index is 10.8. The lowest BCUT2D eigenvalue weighted by Crippen LogP contribution is -2.61. The molecule has 2 N–H and O–H groups in total. The Balaban J connectivity index is 1.98. The Morgan fingerprint density at radius 2 is 2.05 bits per heavy atom. The maximum Gasteiger partial charge on any atom is 0.107 e. The average Bonchev–Trinajstić information content (AvgIpc) is 2.92. The number of fused-ring (bicyclic) bond motifs is 1. The SMILES string of the molecule is CCCC(C)CC[C@@H](C)/C=C1\CN2CCC[C@H]2[C@@](C)(O)[C@@H]1O. The average molecular weight is 309 g/mol. The molecule has 0 aromatic carbocycles. The number of aliphatic hydroxyl groups excluding tert-OH is 1. The van der Waals surface area contributed by atoms with Crippen LogP contribution in [0.3, 0.4) is 0 Å². The predicted molar refractivity (Wildman–Crippen MR) is 91.8 cm³/mol. The van der Waals surface area contributed by atoms with Gasteiger partial charge in [0, 0.05) is 12.6 Å². The normalized spacial score (nSPS) is 37.3. The summed E-state index contributed by atoms with van der Waals surface area (Å²) in [5.41, 5.74) is 0.0225. The van der Waals surface area contributed by atoms with Crippen LogP contribution in [-0.2, 0) is 0 Å². The fourth-order valence-corrected chi connectivity index (χ4v) is 4.33. The van der Waals surface area contributed by atoms with Crippen molar-refractivity contribution < 1.29 is 10.2 Å². The molecule has 0 saturated carbocycles. The molecule has 3 heteroatoms. The molecular weight excluding hydrogens is 274 g/mol. The smallest absolute Gasteiger partial charge is 0.107 e. The van der Waals surface area contributed by atoms with Crippen LogP contribution in [0, 0.1) is 11.8 Å². The van der Waals surface area contributed by atoms with Gasteiger partial charge in [0.15, 0.2) is 0 Å². The van der Waals surface area contributed by atoms with Gasteiger partial charge in [0.2, 0.25) is 0 Å². The van der Waals surface area contributed by atoms with Crippen LogP contribution in [0.2, 0.25) is 0 Å². The van der Waals surface area contributed by atoms with E-state index in [2.05, 4.69) is 31.7 Å². The van der Waals surface area contributed by atoms with Crippen molar-refractivity contribution in [3.8, 4) is 0 Å². The van der Waals surface area contributed by atoms with Gasteiger partial charge >= 0.3 is 0 Å². The van der Waals surface area contributed by atoms with Gasteiger partial charge in [-0.05, 0) is 50.1 Å². The summed E-state index contributed by atoms with van der Waals surface area (Å²) in [6.45, 7) is 10.5. The fourth-order valence-electron chi connectivity index (χ4n) is 4.33. The molecule has 128 valence electrons. The van der Waals surface area contributed by atoms with Gasteiger partial charge in [-0.3, -0.25) is 4.90 Å². The zero-order valence-corrected chi connectivity index (χ0v) is 14.9. The first kappa shape index (κ1) is 18.0. The van der Waals surface area contributed by atoms with Gasteiger partial charge < -0.3 is 10.2 Å². The predicted octanol–water partition coefficient (Wildman–Crippen LogP) is 3.36. The van der Waals surface area contributed by atoms with Crippen LogP contribution in [-0.4, -0.2) is 45.9 Å². The summed E-state index contributed by atoms with van der Waals surface area (Å²) in [7, 11) is 0. The highest BCUT2D eigenvalue weighted by molar-refractivity contribution is 5.23. The number of aliphatic hydroxyl groups is 2. The van der Waals surface area contributed by atoms with E-state index in [9.17, 15) is 10.2 Å². The van der Waals surface area contributed by atoms with Gasteiger partial charge in [-0.1, -0.05) is 46.1 Å². The van der Waals surface area contributed by atoms with Gasteiger partial charge in [-0.2, -0.15) is 0 Å². The Kier molecular flexibility index (Phi) is 6.09. The minimum atomic E-state index is -1.00. The molecular formula is C19H35NO2. The van der Waals surface area contributed by atoms with Crippen molar-refractivity contribution in [1.29, 1.82) is 0 Å². The number of hydrogen-bond acceptors (Lipinski definition) is 3. The third kappa shape index (κ3) is 3.93. The third-order valence-corrected chi connectivity index (χ3v) is 5.72. The molecule has 0 aromatic rings. The number of allylic oxidation sites excluding steroid dienone is 1. The maximum atomic E-state index is 10.8. The first-order chi connectivity index (χ1) is 10.4. The highest BCUT2D eigenvalue weighted by atomic mass is 16.3. The molecule has 0 aliphatic carbocycles. The summed E-state index contributed by atoms with van der Waals surface area (Å²) in [5, 5.41) is 21.4. The van der Waals surface area contributed by atoms with Gasteiger partial charge in [-0.25, -0.2) is 0 Å². The standard InChI is InChI=1S/C19H35NO2/c1-5-7-14(2)9-10-15(3)12-16-13-20-11-6-8-17(20)19(4,22)18(16)21/h12,14-15,17-18,21-22H,5-11,13H2,1-4H3/b16-12+/t14?,15-,17+,18-,19-/m1/s1. The van der Waals surface area contributed by atoms with Crippen molar-refractivity contribution >= 4 is 0 Å². The van der Waals surface area contributed by atoms with Crippen molar-refractivity contribution in [2.24, 2.45) is 11.8 Å². The van der Waals surface area contributed by atoms with Crippen LogP contribution in [0.25, 0.3) is 0 Å². The number of nitrogens with zero attached hydrogens (tertiary/aromatic N) is 1. The van der Waals surface area contributed by atoms with E-state index in [1.54, 1.807) is 0 Å². The van der Waals surface area contributed by atoms with Crippen LogP contribution in [0.15, 0.2) is 11.6 Å². The van der Waals surface area contributed by atoms with Crippen LogP contribution >= 0.6 is 0 Å². The summed E-state index contributed by atoms with van der Waals surface area (Å²) in [5.74, 6) is 1.26. The van der Waals surface area contributed by atoms with Crippen LogP contribution in [0.1, 0.15) is 66.2 Å². The molecule has 2 saturated heterocycles. The zero-order valence-electron chi connectivity index (χ0n) is 14.9. The lowest BCUT2D eigenvalue weighted by Gasteiger charge is -2.46. The van der Waals surface area contributed by atoms with Gasteiger partial charge in [0.1, 0.15) is 11.7 Å². The van der Waals surface area contributed by atoms with Crippen molar-refractivity contribution in [2.45, 2.75) is 84.0 Å². The van der Waals surface area contributed by atoms with E-state index in [0.717, 1.165) is 37.4 Å². The van der Waals surface area contributed by atoms with Gasteiger partial charge in [0.05, 0.1) is 0 Å². The number of rotatable bonds is 6. The second-order valence-electron chi connectivity index (χ2n) is 7.95. The van der Waals surface area contributed by atoms with E-state index in [4.69, 9.17) is 0 Å². The molecule has 2 aliphatic rings. The van der Waals surface area contributed by atoms with E-state index < -0.39 is 11.7 Å². The highest BCUT2D eigenvalue weighted by Crippen LogP contribution is 2.37. The van der Waals surface area contributed by atoms with Crippen LogP contribution < -0.4 is 0 Å². The van der Waals surface area contributed by atoms with Gasteiger partial charge in [-0.15, -0.1) is 0 Å². The molecule has 0 radical (unpaired) electrons. The first-order valence-electron chi connectivity index (χ1n) is 9.21. The summed E-state index contributed by atoms with van der Waals surface area (Å²) in [6.07, 6.45) is 8.63. The largest absolute Gasteiger partial charge is 0.386 e. The summed E-state index contributed by atoms with van der Waals surface area (Å²) in [6, 6.07) is 0.125. The van der Waals surface area contributed by atoms with E-state index in [1.807, 2.05) is 6.92 Å². The van der Waals surface area contributed by atoms with Crippen molar-refractivity contribution in [3.63, 3.8) is 0 Å². The summed E-state index contributed by atoms with van der Waals surface area (Å²) in [4.78, 5) is 2.35. The molecule has 0 spiro atoms. The first-order valence-corrected chi connectivity index (χ1v) is 9.21. The Labute approximate surface area is 136 Å². The van der Waals surface area contributed by atoms with Crippen molar-refractivity contribution in [2.75, 3.05) is 13.1 Å². The fraction of sp³-hybridized carbons (Fsp3) is 0.895. The third-order valence-electron chi connectivity index (χ3n) is 5.72. The summed E-state index contributed by atoms with van der Waals surface area (Å²) >= 11 is 0. The highest BCUT2D eigenvalue weighted by Gasteiger charge is 2.49. The van der Waals surface area contributed by atoms with Crippen molar-refractivity contribution in [3.05, 3.63) is 11.6 Å². The molecule has 3 nitrogen and oxygen atoms in total. The Hall–Kier alpha value is -0.380. The van der Waals surface area contributed by atoms with Crippen molar-refractivity contribution in [1.82, 2.24) is 4.90 Å². The van der Waals surface area contributed by atoms with Crippen LogP contribution in [0.4, 0.5) is 0 Å². The Morgan fingerprint density at radius 3 is 2.73 bits per heavy atom. The molecule has 2 aliphatic heterocycles. The molecule has 5 atom stereocenters. The van der Waals surface area contributed by atoms with Crippen LogP contribution in [0.5, 0.6) is 0 Å². The molecule has 0 bridgehead atoms. The molecule has 1 unspecified atom stereocenters. The van der Waals surface area contributed by atoms with E-state index in [1.165, 1.54) is 25.7 Å². The topological polar surface area (TPSA) is 43.7 Å². The van der Waals surface area contributed by atoms with E-state index >= 15 is 0 Å². The molecule has 0 aromatic heterocycles. The molecule has 0 amide bonds. The lowest BCUT2D eigenvalue weighted by molar-refractivity contribution is -0.110. The second-order valence-corrected chi connectivity index (χ2v) is 7.95. The molecule has 2 heterocycles. The zero-order chi connectivity index (χ0) is 16.3. The van der Waals surface area contributed by atoms with Gasteiger partial charge in [0.25, 0.3) is 0 Å². The Bertz CT molecular complexity index is 391. The quantitative estimate of drug-likeness (QED) is 0.740. The lowest BCUT2D eigenvalue weighted by atomic mass is 9.79.